The van der Waals surface area contributed by atoms with E-state index >= 15 is 0 Å². The van der Waals surface area contributed by atoms with Crippen molar-refractivity contribution in [2.24, 2.45) is 0 Å². The van der Waals surface area contributed by atoms with Crippen molar-refractivity contribution in [3.05, 3.63) is 35.5 Å². The Bertz CT molecular complexity index is 726. The SMILES string of the molecule is CCOC(=O)NCCN/C=C(/C#N)C(=O)NCc1ccc2c(c1)OCO2. The Hall–Kier alpha value is -3.41. The van der Waals surface area contributed by atoms with Gasteiger partial charge in [0.1, 0.15) is 11.6 Å². The lowest BCUT2D eigenvalue weighted by molar-refractivity contribution is -0.117. The summed E-state index contributed by atoms with van der Waals surface area (Å²) >= 11 is 0. The lowest BCUT2D eigenvalue weighted by atomic mass is 10.2. The minimum absolute atomic E-state index is 0.0677. The second-order valence-corrected chi connectivity index (χ2v) is 5.14. The number of hydrogen-bond acceptors (Lipinski definition) is 7. The monoisotopic (exact) mass is 360 g/mol. The zero-order chi connectivity index (χ0) is 18.8. The van der Waals surface area contributed by atoms with Gasteiger partial charge in [-0.2, -0.15) is 5.26 Å². The number of nitrogens with zero attached hydrogens (tertiary/aromatic N) is 1. The maximum absolute atomic E-state index is 12.1. The molecule has 0 saturated carbocycles. The summed E-state index contributed by atoms with van der Waals surface area (Å²) in [4.78, 5) is 23.1. The lowest BCUT2D eigenvalue weighted by Crippen LogP contribution is -2.31. The number of hydrogen-bond donors (Lipinski definition) is 3. The average molecular weight is 360 g/mol. The normalized spacial score (nSPS) is 12.1. The molecule has 2 rings (SSSR count). The molecule has 0 bridgehead atoms. The highest BCUT2D eigenvalue weighted by molar-refractivity contribution is 5.97. The van der Waals surface area contributed by atoms with E-state index in [-0.39, 0.29) is 18.9 Å². The summed E-state index contributed by atoms with van der Waals surface area (Å²) in [6, 6.07) is 7.18. The van der Waals surface area contributed by atoms with Gasteiger partial charge < -0.3 is 30.2 Å². The number of nitriles is 1. The van der Waals surface area contributed by atoms with E-state index in [4.69, 9.17) is 19.5 Å². The molecule has 26 heavy (non-hydrogen) atoms. The zero-order valence-electron chi connectivity index (χ0n) is 14.3. The lowest BCUT2D eigenvalue weighted by Gasteiger charge is -2.07. The van der Waals surface area contributed by atoms with E-state index in [1.54, 1.807) is 19.1 Å². The summed E-state index contributed by atoms with van der Waals surface area (Å²) in [6.45, 7) is 3.08. The number of benzene rings is 1. The van der Waals surface area contributed by atoms with Crippen LogP contribution in [0.15, 0.2) is 30.0 Å². The Balaban J connectivity index is 1.75. The van der Waals surface area contributed by atoms with E-state index < -0.39 is 12.0 Å². The first-order chi connectivity index (χ1) is 12.6. The number of rotatable bonds is 8. The van der Waals surface area contributed by atoms with E-state index in [1.165, 1.54) is 6.20 Å². The smallest absolute Gasteiger partial charge is 0.407 e. The van der Waals surface area contributed by atoms with Crippen LogP contribution in [0.25, 0.3) is 0 Å². The van der Waals surface area contributed by atoms with Crippen LogP contribution >= 0.6 is 0 Å². The van der Waals surface area contributed by atoms with Gasteiger partial charge in [-0.15, -0.1) is 0 Å². The van der Waals surface area contributed by atoms with Crippen LogP contribution < -0.4 is 25.4 Å². The van der Waals surface area contributed by atoms with Crippen LogP contribution in [-0.2, 0) is 16.1 Å². The topological polar surface area (TPSA) is 122 Å². The highest BCUT2D eigenvalue weighted by Crippen LogP contribution is 2.32. The van der Waals surface area contributed by atoms with E-state index in [2.05, 4.69) is 16.0 Å². The van der Waals surface area contributed by atoms with Gasteiger partial charge in [0.15, 0.2) is 11.5 Å². The number of amides is 2. The molecule has 1 aromatic rings. The fraction of sp³-hybridized carbons (Fsp3) is 0.353. The predicted octanol–water partition coefficient (Wildman–Crippen LogP) is 0.775. The van der Waals surface area contributed by atoms with Crippen LogP contribution in [0.5, 0.6) is 11.5 Å². The number of carbonyl (C=O) groups excluding carboxylic acids is 2. The molecule has 1 aromatic carbocycles. The fourth-order valence-electron chi connectivity index (χ4n) is 2.07. The van der Waals surface area contributed by atoms with Crippen molar-refractivity contribution >= 4 is 12.0 Å². The van der Waals surface area contributed by atoms with Crippen molar-refractivity contribution in [2.75, 3.05) is 26.5 Å². The van der Waals surface area contributed by atoms with Crippen molar-refractivity contribution in [3.8, 4) is 17.6 Å². The van der Waals surface area contributed by atoms with Gasteiger partial charge in [-0.3, -0.25) is 4.79 Å². The van der Waals surface area contributed by atoms with Crippen molar-refractivity contribution in [1.82, 2.24) is 16.0 Å². The van der Waals surface area contributed by atoms with E-state index in [9.17, 15) is 9.59 Å². The minimum atomic E-state index is -0.514. The molecular formula is C17H20N4O5. The standard InChI is InChI=1S/C17H20N4O5/c1-2-24-17(23)20-6-5-19-10-13(8-18)16(22)21-9-12-3-4-14-15(7-12)26-11-25-14/h3-4,7,10,19H,2,5-6,9,11H2,1H3,(H,20,23)(H,21,22)/b13-10-. The van der Waals surface area contributed by atoms with E-state index in [1.807, 2.05) is 12.1 Å². The minimum Gasteiger partial charge on any atom is -0.454 e. The summed E-state index contributed by atoms with van der Waals surface area (Å²) in [5.41, 5.74) is 0.758. The number of alkyl carbamates (subject to hydrolysis) is 1. The van der Waals surface area contributed by atoms with Crippen LogP contribution in [0.2, 0.25) is 0 Å². The highest BCUT2D eigenvalue weighted by atomic mass is 16.7. The van der Waals surface area contributed by atoms with Gasteiger partial charge in [-0.25, -0.2) is 4.79 Å². The number of nitrogens with one attached hydrogen (secondary N) is 3. The average Bonchev–Trinajstić information content (AvgIpc) is 3.10. The van der Waals surface area contributed by atoms with Crippen LogP contribution in [0.3, 0.4) is 0 Å². The van der Waals surface area contributed by atoms with Gasteiger partial charge in [-0.05, 0) is 24.6 Å². The van der Waals surface area contributed by atoms with Crippen LogP contribution in [-0.4, -0.2) is 38.5 Å². The van der Waals surface area contributed by atoms with Gasteiger partial charge in [0.2, 0.25) is 6.79 Å². The number of ether oxygens (including phenoxy) is 3. The maximum atomic E-state index is 12.1. The first-order valence-electron chi connectivity index (χ1n) is 8.05. The van der Waals surface area contributed by atoms with Crippen molar-refractivity contribution < 1.29 is 23.8 Å². The van der Waals surface area contributed by atoms with Gasteiger partial charge >= 0.3 is 6.09 Å². The van der Waals surface area contributed by atoms with Gasteiger partial charge in [0.25, 0.3) is 5.91 Å². The van der Waals surface area contributed by atoms with E-state index in [0.29, 0.717) is 31.2 Å². The zero-order valence-corrected chi connectivity index (χ0v) is 14.3. The van der Waals surface area contributed by atoms with Crippen LogP contribution in [0.4, 0.5) is 4.79 Å². The molecule has 0 saturated heterocycles. The Morgan fingerprint density at radius 2 is 2.08 bits per heavy atom. The van der Waals surface area contributed by atoms with Crippen LogP contribution in [0, 0.1) is 11.3 Å². The Morgan fingerprint density at radius 3 is 2.85 bits per heavy atom. The molecule has 0 fully saturated rings. The van der Waals surface area contributed by atoms with E-state index in [0.717, 1.165) is 5.56 Å². The molecule has 1 heterocycles. The Morgan fingerprint density at radius 1 is 1.27 bits per heavy atom. The highest BCUT2D eigenvalue weighted by Gasteiger charge is 2.14. The molecule has 9 nitrogen and oxygen atoms in total. The summed E-state index contributed by atoms with van der Waals surface area (Å²) in [5, 5.41) is 17.1. The third-order valence-electron chi connectivity index (χ3n) is 3.32. The predicted molar refractivity (Wildman–Crippen MR) is 91.1 cm³/mol. The summed E-state index contributed by atoms with van der Waals surface area (Å²) < 4.78 is 15.2. The Kier molecular flexibility index (Phi) is 7.12. The molecule has 0 unspecified atom stereocenters. The van der Waals surface area contributed by atoms with Crippen molar-refractivity contribution in [1.29, 1.82) is 5.26 Å². The van der Waals surface area contributed by atoms with Gasteiger partial charge in [0, 0.05) is 25.8 Å². The number of carbonyl (C=O) groups is 2. The second-order valence-electron chi connectivity index (χ2n) is 5.14. The van der Waals surface area contributed by atoms with Gasteiger partial charge in [0.05, 0.1) is 6.61 Å². The van der Waals surface area contributed by atoms with Crippen molar-refractivity contribution in [3.63, 3.8) is 0 Å². The largest absolute Gasteiger partial charge is 0.454 e. The van der Waals surface area contributed by atoms with Gasteiger partial charge in [-0.1, -0.05) is 6.07 Å². The Labute approximate surface area is 150 Å². The summed E-state index contributed by atoms with van der Waals surface area (Å²) in [5.74, 6) is 0.790. The van der Waals surface area contributed by atoms with Crippen LogP contribution in [0.1, 0.15) is 12.5 Å². The molecule has 0 radical (unpaired) electrons. The molecular weight excluding hydrogens is 340 g/mol. The molecule has 138 valence electrons. The molecule has 1 aliphatic heterocycles. The molecule has 9 heteroatoms. The first-order valence-corrected chi connectivity index (χ1v) is 8.05. The fourth-order valence-corrected chi connectivity index (χ4v) is 2.07. The molecule has 0 atom stereocenters. The molecule has 1 aliphatic rings. The molecule has 0 aliphatic carbocycles. The third kappa shape index (κ3) is 5.59. The molecule has 3 N–H and O–H groups in total. The first kappa shape index (κ1) is 18.9. The molecule has 0 aromatic heterocycles. The third-order valence-corrected chi connectivity index (χ3v) is 3.32. The maximum Gasteiger partial charge on any atom is 0.407 e. The second kappa shape index (κ2) is 9.78. The molecule has 2 amide bonds. The number of fused-ring (bicyclic) bond motifs is 1. The summed E-state index contributed by atoms with van der Waals surface area (Å²) in [6.07, 6.45) is 0.794. The summed E-state index contributed by atoms with van der Waals surface area (Å²) in [7, 11) is 0. The quantitative estimate of drug-likeness (QED) is 0.356. The van der Waals surface area contributed by atoms with Crippen molar-refractivity contribution in [2.45, 2.75) is 13.5 Å². The molecule has 0 spiro atoms.